The monoisotopic (exact) mass is 272 g/mol. The van der Waals surface area contributed by atoms with E-state index in [0.717, 1.165) is 0 Å². The van der Waals surface area contributed by atoms with Gasteiger partial charge in [0.2, 0.25) is 5.91 Å². The van der Waals surface area contributed by atoms with Gasteiger partial charge in [-0.25, -0.2) is 0 Å². The highest BCUT2D eigenvalue weighted by Crippen LogP contribution is 2.56. The van der Waals surface area contributed by atoms with Crippen LogP contribution < -0.4 is 5.73 Å². The topological polar surface area (TPSA) is 46.3 Å². The van der Waals surface area contributed by atoms with Gasteiger partial charge < -0.3 is 10.6 Å². The van der Waals surface area contributed by atoms with Gasteiger partial charge in [0.05, 0.1) is 0 Å². The number of benzene rings is 1. The van der Waals surface area contributed by atoms with Crippen LogP contribution in [0.1, 0.15) is 31.2 Å². The molecule has 2 aliphatic rings. The molecule has 0 heterocycles. The molecule has 2 fully saturated rings. The summed E-state index contributed by atoms with van der Waals surface area (Å²) < 4.78 is 0. The van der Waals surface area contributed by atoms with E-state index in [2.05, 4.69) is 12.1 Å². The van der Waals surface area contributed by atoms with Crippen molar-refractivity contribution in [3.05, 3.63) is 35.9 Å². The molecule has 3 rings (SSSR count). The lowest BCUT2D eigenvalue weighted by atomic mass is 10.0. The minimum atomic E-state index is 0.299. The number of nitrogens with zero attached hydrogens (tertiary/aromatic N) is 1. The molecule has 0 bridgehead atoms. The van der Waals surface area contributed by atoms with Crippen LogP contribution in [0.25, 0.3) is 0 Å². The Morgan fingerprint density at radius 1 is 1.15 bits per heavy atom. The van der Waals surface area contributed by atoms with Crippen molar-refractivity contribution in [3.63, 3.8) is 0 Å². The second kappa shape index (κ2) is 5.96. The first-order valence-electron chi connectivity index (χ1n) is 7.84. The van der Waals surface area contributed by atoms with Gasteiger partial charge in [0, 0.05) is 25.6 Å². The Morgan fingerprint density at radius 3 is 2.40 bits per heavy atom. The van der Waals surface area contributed by atoms with Crippen molar-refractivity contribution in [2.24, 2.45) is 23.5 Å². The maximum absolute atomic E-state index is 12.7. The molecule has 3 nitrogen and oxygen atoms in total. The number of nitrogens with two attached hydrogens (primary N) is 1. The lowest BCUT2D eigenvalue weighted by molar-refractivity contribution is -0.133. The second-order valence-electron chi connectivity index (χ2n) is 6.17. The number of hydrogen-bond donors (Lipinski definition) is 1. The van der Waals surface area contributed by atoms with E-state index in [0.29, 0.717) is 43.3 Å². The van der Waals surface area contributed by atoms with Gasteiger partial charge in [-0.15, -0.1) is 0 Å². The molecule has 2 aliphatic carbocycles. The van der Waals surface area contributed by atoms with Gasteiger partial charge in [-0.05, 0) is 30.2 Å². The quantitative estimate of drug-likeness (QED) is 0.894. The van der Waals surface area contributed by atoms with E-state index < -0.39 is 0 Å². The van der Waals surface area contributed by atoms with E-state index in [4.69, 9.17) is 5.73 Å². The number of rotatable bonds is 5. The van der Waals surface area contributed by atoms with Gasteiger partial charge in [-0.2, -0.15) is 0 Å². The lowest BCUT2D eigenvalue weighted by Gasteiger charge is -2.22. The van der Waals surface area contributed by atoms with Crippen LogP contribution in [0, 0.1) is 17.8 Å². The summed E-state index contributed by atoms with van der Waals surface area (Å²) in [5.41, 5.74) is 6.89. The van der Waals surface area contributed by atoms with Crippen molar-refractivity contribution in [1.29, 1.82) is 0 Å². The number of hydrogen-bond acceptors (Lipinski definition) is 2. The predicted octanol–water partition coefficient (Wildman–Crippen LogP) is 2.41. The summed E-state index contributed by atoms with van der Waals surface area (Å²) in [7, 11) is 0. The van der Waals surface area contributed by atoms with E-state index in [9.17, 15) is 4.79 Å². The van der Waals surface area contributed by atoms with Crippen LogP contribution in [0.15, 0.2) is 30.3 Å². The van der Waals surface area contributed by atoms with E-state index in [-0.39, 0.29) is 0 Å². The summed E-state index contributed by atoms with van der Waals surface area (Å²) in [6.45, 7) is 1.91. The highest BCUT2D eigenvalue weighted by atomic mass is 16.2. The number of carbonyl (C=O) groups excluding carboxylic acids is 1. The van der Waals surface area contributed by atoms with Crippen LogP contribution in [0.4, 0.5) is 0 Å². The van der Waals surface area contributed by atoms with Crippen molar-refractivity contribution in [2.75, 3.05) is 13.1 Å². The average molecular weight is 272 g/mol. The minimum absolute atomic E-state index is 0.299. The van der Waals surface area contributed by atoms with Crippen LogP contribution in [0.2, 0.25) is 0 Å². The smallest absolute Gasteiger partial charge is 0.226 e. The summed E-state index contributed by atoms with van der Waals surface area (Å²) >= 11 is 0. The van der Waals surface area contributed by atoms with Crippen LogP contribution in [0.3, 0.4) is 0 Å². The molecular formula is C17H24N2O. The molecule has 0 spiro atoms. The molecule has 0 saturated heterocycles. The Kier molecular flexibility index (Phi) is 4.06. The van der Waals surface area contributed by atoms with Crippen molar-refractivity contribution >= 4 is 5.91 Å². The van der Waals surface area contributed by atoms with Crippen molar-refractivity contribution < 1.29 is 4.79 Å². The standard InChI is InChI=1S/C17H24N2O/c18-10-11-19(12-13-6-2-1-3-7-13)17(20)16-14-8-4-5-9-15(14)16/h1-3,6-7,14-16H,4-5,8-12,18H2. The van der Waals surface area contributed by atoms with Gasteiger partial charge in [0.1, 0.15) is 0 Å². The second-order valence-corrected chi connectivity index (χ2v) is 6.17. The molecule has 2 N–H and O–H groups in total. The van der Waals surface area contributed by atoms with Gasteiger partial charge in [-0.1, -0.05) is 43.2 Å². The van der Waals surface area contributed by atoms with E-state index in [1.807, 2.05) is 23.1 Å². The molecule has 2 unspecified atom stereocenters. The highest BCUT2D eigenvalue weighted by Gasteiger charge is 2.55. The van der Waals surface area contributed by atoms with E-state index >= 15 is 0 Å². The van der Waals surface area contributed by atoms with Crippen LogP contribution in [0.5, 0.6) is 0 Å². The van der Waals surface area contributed by atoms with E-state index in [1.54, 1.807) is 0 Å². The normalized spacial score (nSPS) is 27.8. The first kappa shape index (κ1) is 13.6. The molecule has 0 aromatic heterocycles. The van der Waals surface area contributed by atoms with Crippen molar-refractivity contribution in [2.45, 2.75) is 32.2 Å². The Balaban J connectivity index is 1.66. The summed E-state index contributed by atoms with van der Waals surface area (Å²) in [5.74, 6) is 1.99. The fourth-order valence-electron chi connectivity index (χ4n) is 3.80. The molecule has 3 heteroatoms. The van der Waals surface area contributed by atoms with Crippen molar-refractivity contribution in [1.82, 2.24) is 4.90 Å². The van der Waals surface area contributed by atoms with Crippen LogP contribution in [-0.4, -0.2) is 23.9 Å². The molecule has 20 heavy (non-hydrogen) atoms. The first-order valence-corrected chi connectivity index (χ1v) is 7.84. The van der Waals surface area contributed by atoms with Crippen molar-refractivity contribution in [3.8, 4) is 0 Å². The molecule has 0 aliphatic heterocycles. The fourth-order valence-corrected chi connectivity index (χ4v) is 3.80. The molecule has 0 radical (unpaired) electrons. The van der Waals surface area contributed by atoms with Gasteiger partial charge >= 0.3 is 0 Å². The maximum Gasteiger partial charge on any atom is 0.226 e. The fraction of sp³-hybridized carbons (Fsp3) is 0.588. The van der Waals surface area contributed by atoms with Gasteiger partial charge in [0.25, 0.3) is 0 Å². The zero-order valence-electron chi connectivity index (χ0n) is 12.0. The average Bonchev–Trinajstić information content (AvgIpc) is 3.21. The largest absolute Gasteiger partial charge is 0.337 e. The third-order valence-electron chi connectivity index (χ3n) is 4.87. The molecule has 2 saturated carbocycles. The molecule has 108 valence electrons. The Morgan fingerprint density at radius 2 is 1.80 bits per heavy atom. The van der Waals surface area contributed by atoms with Crippen LogP contribution in [-0.2, 0) is 11.3 Å². The Bertz CT molecular complexity index is 447. The first-order chi connectivity index (χ1) is 9.81. The summed E-state index contributed by atoms with van der Waals surface area (Å²) in [5, 5.41) is 0. The third-order valence-corrected chi connectivity index (χ3v) is 4.87. The molecule has 1 aromatic rings. The van der Waals surface area contributed by atoms with Gasteiger partial charge in [0.15, 0.2) is 0 Å². The summed E-state index contributed by atoms with van der Waals surface area (Å²) in [6.07, 6.45) is 5.12. The number of carbonyl (C=O) groups is 1. The Labute approximate surface area is 121 Å². The summed E-state index contributed by atoms with van der Waals surface area (Å²) in [6, 6.07) is 10.2. The predicted molar refractivity (Wildman–Crippen MR) is 79.9 cm³/mol. The third kappa shape index (κ3) is 2.73. The SMILES string of the molecule is NCCN(Cc1ccccc1)C(=O)C1C2CCCCC21. The Hall–Kier alpha value is -1.35. The zero-order chi connectivity index (χ0) is 13.9. The maximum atomic E-state index is 12.7. The number of amides is 1. The van der Waals surface area contributed by atoms with Gasteiger partial charge in [-0.3, -0.25) is 4.79 Å². The highest BCUT2D eigenvalue weighted by molar-refractivity contribution is 5.82. The van der Waals surface area contributed by atoms with E-state index in [1.165, 1.54) is 31.2 Å². The molecule has 1 amide bonds. The molecule has 2 atom stereocenters. The zero-order valence-corrected chi connectivity index (χ0v) is 12.0. The lowest BCUT2D eigenvalue weighted by Crippen LogP contribution is -2.36. The molecule has 1 aromatic carbocycles. The summed E-state index contributed by atoms with van der Waals surface area (Å²) in [4.78, 5) is 14.7. The molecular weight excluding hydrogens is 248 g/mol. The number of fused-ring (bicyclic) bond motifs is 1. The minimum Gasteiger partial charge on any atom is -0.337 e. The van der Waals surface area contributed by atoms with Crippen LogP contribution >= 0.6 is 0 Å².